The lowest BCUT2D eigenvalue weighted by molar-refractivity contribution is -0.114. The van der Waals surface area contributed by atoms with E-state index in [1.54, 1.807) is 12.1 Å². The first-order chi connectivity index (χ1) is 15.1. The highest BCUT2D eigenvalue weighted by molar-refractivity contribution is 14.0. The maximum absolute atomic E-state index is 12.2. The Hall–Kier alpha value is -2.59. The van der Waals surface area contributed by atoms with Gasteiger partial charge in [0, 0.05) is 45.0 Å². The van der Waals surface area contributed by atoms with E-state index >= 15 is 0 Å². The normalized spacial score (nSPS) is 14.8. The highest BCUT2D eigenvalue weighted by atomic mass is 127. The predicted molar refractivity (Wildman–Crippen MR) is 142 cm³/mol. The Morgan fingerprint density at radius 3 is 2.41 bits per heavy atom. The number of halogens is 1. The van der Waals surface area contributed by atoms with Crippen LogP contribution < -0.4 is 10.6 Å². The molecule has 0 atom stereocenters. The molecule has 1 saturated heterocycles. The van der Waals surface area contributed by atoms with E-state index in [9.17, 15) is 9.90 Å². The van der Waals surface area contributed by atoms with Gasteiger partial charge in [0.1, 0.15) is 12.3 Å². The van der Waals surface area contributed by atoms with Gasteiger partial charge < -0.3 is 20.6 Å². The largest absolute Gasteiger partial charge is 0.508 e. The topological polar surface area (TPSA) is 80.2 Å². The molecule has 0 unspecified atom stereocenters. The number of nitrogens with zero attached hydrogens (tertiary/aromatic N) is 3. The quantitative estimate of drug-likeness (QED) is 0.214. The number of rotatable bonds is 7. The molecule has 3 N–H and O–H groups in total. The monoisotopic (exact) mass is 549 g/mol. The van der Waals surface area contributed by atoms with E-state index in [1.165, 1.54) is 17.7 Å². The molecular weight excluding hydrogens is 517 g/mol. The van der Waals surface area contributed by atoms with Crippen molar-refractivity contribution in [1.29, 1.82) is 0 Å². The molecule has 0 aromatic heterocycles. The molecule has 32 heavy (non-hydrogen) atoms. The molecule has 1 heterocycles. The summed E-state index contributed by atoms with van der Waals surface area (Å²) in [5.41, 5.74) is 1.86. The van der Waals surface area contributed by atoms with Crippen molar-refractivity contribution in [3.63, 3.8) is 0 Å². The lowest BCUT2D eigenvalue weighted by Crippen LogP contribution is -2.52. The average Bonchev–Trinajstić information content (AvgIpc) is 2.79. The van der Waals surface area contributed by atoms with Gasteiger partial charge in [-0.2, -0.15) is 0 Å². The van der Waals surface area contributed by atoms with E-state index in [0.717, 1.165) is 45.2 Å². The number of anilines is 1. The fraction of sp³-hybridized carbons (Fsp3) is 0.333. The molecule has 0 bridgehead atoms. The second-order valence-corrected chi connectivity index (χ2v) is 7.37. The molecule has 172 valence electrons. The third-order valence-electron chi connectivity index (χ3n) is 5.00. The second-order valence-electron chi connectivity index (χ2n) is 7.37. The van der Waals surface area contributed by atoms with E-state index in [1.807, 2.05) is 25.1 Å². The van der Waals surface area contributed by atoms with Crippen LogP contribution in [0.3, 0.4) is 0 Å². The number of piperazine rings is 1. The minimum Gasteiger partial charge on any atom is -0.508 e. The maximum atomic E-state index is 12.2. The Morgan fingerprint density at radius 1 is 1.06 bits per heavy atom. The number of carbonyl (C=O) groups excluding carboxylic acids is 1. The molecule has 1 aliphatic rings. The van der Waals surface area contributed by atoms with Gasteiger partial charge in [-0.3, -0.25) is 9.69 Å². The Morgan fingerprint density at radius 2 is 1.75 bits per heavy atom. The molecule has 0 aliphatic carbocycles. The SMILES string of the molecule is CCNC(=NCC(=O)Nc1ccc(O)cc1)N1CCN(C/C=C/c2ccccc2)CC1.I. The van der Waals surface area contributed by atoms with E-state index in [0.29, 0.717) is 5.69 Å². The van der Waals surface area contributed by atoms with Crippen LogP contribution in [0.25, 0.3) is 6.08 Å². The van der Waals surface area contributed by atoms with Gasteiger partial charge in [0.15, 0.2) is 5.96 Å². The molecule has 1 aliphatic heterocycles. The second kappa shape index (κ2) is 13.7. The number of benzene rings is 2. The van der Waals surface area contributed by atoms with E-state index in [4.69, 9.17) is 0 Å². The Kier molecular flexibility index (Phi) is 11.0. The van der Waals surface area contributed by atoms with Crippen LogP contribution in [0, 0.1) is 0 Å². The maximum Gasteiger partial charge on any atom is 0.246 e. The average molecular weight is 549 g/mol. The number of phenolic OH excluding ortho intramolecular Hbond substituents is 1. The molecule has 0 saturated carbocycles. The van der Waals surface area contributed by atoms with Crippen LogP contribution in [-0.2, 0) is 4.79 Å². The molecule has 0 radical (unpaired) electrons. The zero-order valence-corrected chi connectivity index (χ0v) is 20.7. The highest BCUT2D eigenvalue weighted by Gasteiger charge is 2.19. The Bertz CT molecular complexity index is 879. The predicted octanol–water partition coefficient (Wildman–Crippen LogP) is 3.25. The smallest absolute Gasteiger partial charge is 0.246 e. The fourth-order valence-corrected chi connectivity index (χ4v) is 3.36. The van der Waals surface area contributed by atoms with Crippen molar-refractivity contribution in [1.82, 2.24) is 15.1 Å². The number of phenols is 1. The van der Waals surface area contributed by atoms with Crippen LogP contribution in [-0.4, -0.2) is 72.6 Å². The highest BCUT2D eigenvalue weighted by Crippen LogP contribution is 2.13. The number of aliphatic imine (C=N–C) groups is 1. The molecule has 1 fully saturated rings. The van der Waals surface area contributed by atoms with E-state index < -0.39 is 0 Å². The Balaban J connectivity index is 0.00000363. The number of aromatic hydroxyl groups is 1. The first-order valence-electron chi connectivity index (χ1n) is 10.7. The van der Waals surface area contributed by atoms with Crippen molar-refractivity contribution in [2.24, 2.45) is 4.99 Å². The summed E-state index contributed by atoms with van der Waals surface area (Å²) in [6.07, 6.45) is 4.36. The van der Waals surface area contributed by atoms with Gasteiger partial charge in [-0.1, -0.05) is 42.5 Å². The summed E-state index contributed by atoms with van der Waals surface area (Å²) in [5, 5.41) is 15.4. The summed E-state index contributed by atoms with van der Waals surface area (Å²) in [4.78, 5) is 21.4. The number of hydrogen-bond donors (Lipinski definition) is 3. The summed E-state index contributed by atoms with van der Waals surface area (Å²) >= 11 is 0. The van der Waals surface area contributed by atoms with Crippen LogP contribution in [0.5, 0.6) is 5.75 Å². The van der Waals surface area contributed by atoms with Crippen molar-refractivity contribution in [2.75, 3.05) is 51.1 Å². The summed E-state index contributed by atoms with van der Waals surface area (Å²) in [5.74, 6) is 0.744. The van der Waals surface area contributed by atoms with Crippen LogP contribution >= 0.6 is 24.0 Å². The van der Waals surface area contributed by atoms with E-state index in [-0.39, 0.29) is 42.2 Å². The minimum atomic E-state index is -0.189. The van der Waals surface area contributed by atoms with Gasteiger partial charge in [-0.05, 0) is 36.8 Å². The first-order valence-corrected chi connectivity index (χ1v) is 10.7. The van der Waals surface area contributed by atoms with Gasteiger partial charge in [0.2, 0.25) is 5.91 Å². The van der Waals surface area contributed by atoms with Gasteiger partial charge in [0.05, 0.1) is 0 Å². The molecule has 3 rings (SSSR count). The first kappa shape index (κ1) is 25.7. The standard InChI is InChI=1S/C24H31N5O2.HI/c1-2-25-24(26-19-23(31)27-21-10-12-22(30)13-11-21)29-17-15-28(16-18-29)14-6-9-20-7-4-3-5-8-20;/h3-13,30H,2,14-19H2,1H3,(H,25,26)(H,27,31);1H/b9-6+;. The summed E-state index contributed by atoms with van der Waals surface area (Å²) < 4.78 is 0. The number of guanidine groups is 1. The van der Waals surface area contributed by atoms with E-state index in [2.05, 4.69) is 49.7 Å². The van der Waals surface area contributed by atoms with Gasteiger partial charge in [0.25, 0.3) is 0 Å². The number of nitrogens with one attached hydrogen (secondary N) is 2. The van der Waals surface area contributed by atoms with Crippen LogP contribution in [0.1, 0.15) is 12.5 Å². The number of carbonyl (C=O) groups is 1. The van der Waals surface area contributed by atoms with Crippen molar-refractivity contribution in [3.8, 4) is 5.75 Å². The van der Waals surface area contributed by atoms with Crippen molar-refractivity contribution in [2.45, 2.75) is 6.92 Å². The Labute approximate surface area is 207 Å². The summed E-state index contributed by atoms with van der Waals surface area (Å²) in [7, 11) is 0. The van der Waals surface area contributed by atoms with Gasteiger partial charge >= 0.3 is 0 Å². The number of amides is 1. The zero-order valence-electron chi connectivity index (χ0n) is 18.4. The van der Waals surface area contributed by atoms with Crippen LogP contribution in [0.15, 0.2) is 65.7 Å². The molecule has 2 aromatic carbocycles. The third kappa shape index (κ3) is 8.51. The van der Waals surface area contributed by atoms with Crippen molar-refractivity contribution in [3.05, 3.63) is 66.2 Å². The van der Waals surface area contributed by atoms with Crippen molar-refractivity contribution >= 4 is 47.6 Å². The van der Waals surface area contributed by atoms with Gasteiger partial charge in [-0.15, -0.1) is 24.0 Å². The van der Waals surface area contributed by atoms with Crippen LogP contribution in [0.4, 0.5) is 5.69 Å². The molecule has 7 nitrogen and oxygen atoms in total. The van der Waals surface area contributed by atoms with Gasteiger partial charge in [-0.25, -0.2) is 4.99 Å². The summed E-state index contributed by atoms with van der Waals surface area (Å²) in [6.45, 7) is 7.37. The molecule has 2 aromatic rings. The minimum absolute atomic E-state index is 0. The van der Waals surface area contributed by atoms with Crippen molar-refractivity contribution < 1.29 is 9.90 Å². The molecule has 8 heteroatoms. The zero-order chi connectivity index (χ0) is 21.9. The number of hydrogen-bond acceptors (Lipinski definition) is 4. The molecule has 1 amide bonds. The van der Waals surface area contributed by atoms with Crippen LogP contribution in [0.2, 0.25) is 0 Å². The summed E-state index contributed by atoms with van der Waals surface area (Å²) in [6, 6.07) is 16.7. The lowest BCUT2D eigenvalue weighted by Gasteiger charge is -2.36. The lowest BCUT2D eigenvalue weighted by atomic mass is 10.2. The fourth-order valence-electron chi connectivity index (χ4n) is 3.36. The third-order valence-corrected chi connectivity index (χ3v) is 5.00. The molecule has 0 spiro atoms. The molecular formula is C24H32IN5O2.